The van der Waals surface area contributed by atoms with E-state index in [1.165, 1.54) is 5.56 Å². The fourth-order valence-electron chi connectivity index (χ4n) is 2.80. The van der Waals surface area contributed by atoms with Crippen molar-refractivity contribution in [3.8, 4) is 22.9 Å². The molecular formula is C22H25N3O4. The van der Waals surface area contributed by atoms with Gasteiger partial charge < -0.3 is 19.3 Å². The summed E-state index contributed by atoms with van der Waals surface area (Å²) in [4.78, 5) is 16.7. The van der Waals surface area contributed by atoms with E-state index >= 15 is 0 Å². The van der Waals surface area contributed by atoms with Gasteiger partial charge in [0.25, 0.3) is 5.91 Å². The van der Waals surface area contributed by atoms with Crippen molar-refractivity contribution in [1.29, 1.82) is 0 Å². The zero-order valence-electron chi connectivity index (χ0n) is 17.3. The molecule has 0 saturated carbocycles. The number of carbonyl (C=O) groups is 1. The molecule has 2 aromatic carbocycles. The summed E-state index contributed by atoms with van der Waals surface area (Å²) in [7, 11) is 3.14. The average Bonchev–Trinajstić information content (AvgIpc) is 3.20. The van der Waals surface area contributed by atoms with Gasteiger partial charge in [-0.05, 0) is 41.3 Å². The largest absolute Gasteiger partial charge is 0.493 e. The fraction of sp³-hybridized carbons (Fsp3) is 0.318. The molecule has 0 unspecified atom stereocenters. The number of rotatable bonds is 6. The van der Waals surface area contributed by atoms with Crippen LogP contribution in [0.15, 0.2) is 47.0 Å². The maximum absolute atomic E-state index is 12.4. The summed E-state index contributed by atoms with van der Waals surface area (Å²) >= 11 is 0. The summed E-state index contributed by atoms with van der Waals surface area (Å²) in [6, 6.07) is 12.9. The molecule has 7 nitrogen and oxygen atoms in total. The SMILES string of the molecule is COc1ccc(-c2noc(CNC(=O)c3ccc(C(C)(C)C)cc3)n2)cc1OC. The predicted molar refractivity (Wildman–Crippen MR) is 109 cm³/mol. The van der Waals surface area contributed by atoms with Gasteiger partial charge in [-0.15, -0.1) is 0 Å². The molecular weight excluding hydrogens is 370 g/mol. The third-order valence-corrected chi connectivity index (χ3v) is 4.52. The molecule has 29 heavy (non-hydrogen) atoms. The predicted octanol–water partition coefficient (Wildman–Crippen LogP) is 3.98. The molecule has 0 spiro atoms. The van der Waals surface area contributed by atoms with Crippen LogP contribution in [-0.4, -0.2) is 30.3 Å². The van der Waals surface area contributed by atoms with Crippen LogP contribution in [-0.2, 0) is 12.0 Å². The molecule has 0 aliphatic rings. The number of nitrogens with one attached hydrogen (secondary N) is 1. The van der Waals surface area contributed by atoms with Crippen LogP contribution in [0.25, 0.3) is 11.4 Å². The molecule has 0 saturated heterocycles. The van der Waals surface area contributed by atoms with Crippen LogP contribution in [0.3, 0.4) is 0 Å². The van der Waals surface area contributed by atoms with Crippen molar-refractivity contribution >= 4 is 5.91 Å². The molecule has 3 rings (SSSR count). The van der Waals surface area contributed by atoms with E-state index in [0.717, 1.165) is 5.56 Å². The van der Waals surface area contributed by atoms with Gasteiger partial charge in [0, 0.05) is 11.1 Å². The Bertz CT molecular complexity index is 988. The van der Waals surface area contributed by atoms with Crippen molar-refractivity contribution in [3.63, 3.8) is 0 Å². The van der Waals surface area contributed by atoms with Gasteiger partial charge in [0.05, 0.1) is 20.8 Å². The Morgan fingerprint density at radius 2 is 1.72 bits per heavy atom. The first-order chi connectivity index (χ1) is 13.8. The molecule has 0 atom stereocenters. The number of benzene rings is 2. The zero-order chi connectivity index (χ0) is 21.0. The monoisotopic (exact) mass is 395 g/mol. The number of amides is 1. The second kappa shape index (κ2) is 8.34. The lowest BCUT2D eigenvalue weighted by Crippen LogP contribution is -2.23. The second-order valence-corrected chi connectivity index (χ2v) is 7.59. The van der Waals surface area contributed by atoms with Gasteiger partial charge in [-0.3, -0.25) is 4.79 Å². The molecule has 1 heterocycles. The summed E-state index contributed by atoms with van der Waals surface area (Å²) in [5.41, 5.74) is 2.52. The van der Waals surface area contributed by atoms with Crippen LogP contribution in [0.2, 0.25) is 0 Å². The smallest absolute Gasteiger partial charge is 0.251 e. The summed E-state index contributed by atoms with van der Waals surface area (Å²) in [6.07, 6.45) is 0. The molecule has 7 heteroatoms. The van der Waals surface area contributed by atoms with Crippen LogP contribution in [0, 0.1) is 0 Å². The lowest BCUT2D eigenvalue weighted by atomic mass is 9.87. The van der Waals surface area contributed by atoms with Crippen molar-refractivity contribution in [2.24, 2.45) is 0 Å². The van der Waals surface area contributed by atoms with E-state index in [-0.39, 0.29) is 17.9 Å². The van der Waals surface area contributed by atoms with E-state index in [0.29, 0.717) is 28.8 Å². The lowest BCUT2D eigenvalue weighted by molar-refractivity contribution is 0.0946. The van der Waals surface area contributed by atoms with Gasteiger partial charge in [-0.25, -0.2) is 0 Å². The Morgan fingerprint density at radius 1 is 1.03 bits per heavy atom. The van der Waals surface area contributed by atoms with Gasteiger partial charge in [0.1, 0.15) is 0 Å². The Labute approximate surface area is 170 Å². The molecule has 3 aromatic rings. The van der Waals surface area contributed by atoms with Crippen LogP contribution in [0.1, 0.15) is 42.6 Å². The molecule has 0 radical (unpaired) electrons. The molecule has 0 aliphatic heterocycles. The second-order valence-electron chi connectivity index (χ2n) is 7.59. The van der Waals surface area contributed by atoms with Crippen LogP contribution >= 0.6 is 0 Å². The van der Waals surface area contributed by atoms with Gasteiger partial charge >= 0.3 is 0 Å². The third kappa shape index (κ3) is 4.74. The first-order valence-corrected chi connectivity index (χ1v) is 9.25. The van der Waals surface area contributed by atoms with Crippen LogP contribution < -0.4 is 14.8 Å². The van der Waals surface area contributed by atoms with E-state index in [4.69, 9.17) is 14.0 Å². The number of carbonyl (C=O) groups excluding carboxylic acids is 1. The van der Waals surface area contributed by atoms with E-state index in [2.05, 4.69) is 36.2 Å². The maximum Gasteiger partial charge on any atom is 0.251 e. The first kappa shape index (κ1) is 20.4. The number of hydrogen-bond acceptors (Lipinski definition) is 6. The minimum Gasteiger partial charge on any atom is -0.493 e. The topological polar surface area (TPSA) is 86.5 Å². The normalized spacial score (nSPS) is 11.2. The molecule has 0 fully saturated rings. The standard InChI is InChI=1S/C22H25N3O4/c1-22(2,3)16-9-6-14(7-10-16)21(26)23-13-19-24-20(25-29-19)15-8-11-17(27-4)18(12-15)28-5/h6-12H,13H2,1-5H3,(H,23,26). The fourth-order valence-corrected chi connectivity index (χ4v) is 2.80. The highest BCUT2D eigenvalue weighted by atomic mass is 16.5. The van der Waals surface area contributed by atoms with Crippen molar-refractivity contribution < 1.29 is 18.8 Å². The number of methoxy groups -OCH3 is 2. The van der Waals surface area contributed by atoms with Crippen molar-refractivity contribution in [1.82, 2.24) is 15.5 Å². The molecule has 152 valence electrons. The van der Waals surface area contributed by atoms with Gasteiger partial charge in [0.15, 0.2) is 11.5 Å². The quantitative estimate of drug-likeness (QED) is 0.679. The Hall–Kier alpha value is -3.35. The Kier molecular flexibility index (Phi) is 5.87. The number of hydrogen-bond donors (Lipinski definition) is 1. The molecule has 0 aliphatic carbocycles. The van der Waals surface area contributed by atoms with Gasteiger partial charge in [0.2, 0.25) is 11.7 Å². The molecule has 1 N–H and O–H groups in total. The van der Waals surface area contributed by atoms with Gasteiger partial charge in [-0.2, -0.15) is 4.98 Å². The van der Waals surface area contributed by atoms with E-state index < -0.39 is 0 Å². The van der Waals surface area contributed by atoms with E-state index in [9.17, 15) is 4.79 Å². The molecule has 1 amide bonds. The Balaban J connectivity index is 1.65. The van der Waals surface area contributed by atoms with Gasteiger partial charge in [-0.1, -0.05) is 38.1 Å². The third-order valence-electron chi connectivity index (χ3n) is 4.52. The number of ether oxygens (including phenoxy) is 2. The van der Waals surface area contributed by atoms with Crippen LogP contribution in [0.4, 0.5) is 0 Å². The average molecular weight is 395 g/mol. The summed E-state index contributed by atoms with van der Waals surface area (Å²) in [5, 5.41) is 6.77. The molecule has 1 aromatic heterocycles. The summed E-state index contributed by atoms with van der Waals surface area (Å²) in [5.74, 6) is 1.71. The zero-order valence-corrected chi connectivity index (χ0v) is 17.3. The summed E-state index contributed by atoms with van der Waals surface area (Å²) < 4.78 is 15.8. The summed E-state index contributed by atoms with van der Waals surface area (Å²) in [6.45, 7) is 6.54. The number of nitrogens with zero attached hydrogens (tertiary/aromatic N) is 2. The molecule has 0 bridgehead atoms. The van der Waals surface area contributed by atoms with Crippen molar-refractivity contribution in [3.05, 3.63) is 59.5 Å². The minimum atomic E-state index is -0.198. The highest BCUT2D eigenvalue weighted by molar-refractivity contribution is 5.94. The lowest BCUT2D eigenvalue weighted by Gasteiger charge is -2.18. The Morgan fingerprint density at radius 3 is 2.34 bits per heavy atom. The van der Waals surface area contributed by atoms with Crippen molar-refractivity contribution in [2.75, 3.05) is 14.2 Å². The van der Waals surface area contributed by atoms with E-state index in [1.54, 1.807) is 26.4 Å². The number of aromatic nitrogens is 2. The van der Waals surface area contributed by atoms with E-state index in [1.807, 2.05) is 30.3 Å². The maximum atomic E-state index is 12.4. The highest BCUT2D eigenvalue weighted by Gasteiger charge is 2.16. The first-order valence-electron chi connectivity index (χ1n) is 9.25. The van der Waals surface area contributed by atoms with Crippen molar-refractivity contribution in [2.45, 2.75) is 32.7 Å². The van der Waals surface area contributed by atoms with Crippen LogP contribution in [0.5, 0.6) is 11.5 Å². The highest BCUT2D eigenvalue weighted by Crippen LogP contribution is 2.31. The minimum absolute atomic E-state index is 0.0410.